The number of fused-ring (bicyclic) bond motifs is 1. The number of likely N-dealkylation sites (N-methyl/N-ethyl adjacent to an activating group) is 1. The van der Waals surface area contributed by atoms with E-state index in [1.165, 1.54) is 20.3 Å². The van der Waals surface area contributed by atoms with E-state index in [1.54, 1.807) is 71.1 Å². The first-order chi connectivity index (χ1) is 28.3. The molecular weight excluding hydrogens is 778 g/mol. The highest BCUT2D eigenvalue weighted by atomic mass is 16.7. The second-order valence-corrected chi connectivity index (χ2v) is 17.5. The number of anilines is 1. The number of nitrogens with zero attached hydrogens (tertiary/aromatic N) is 4. The molecule has 3 saturated heterocycles. The summed E-state index contributed by atoms with van der Waals surface area (Å²) in [7, 11) is 5.21. The Hall–Kier alpha value is -4.16. The fourth-order valence-electron chi connectivity index (χ4n) is 9.42. The molecule has 0 unspecified atom stereocenters. The van der Waals surface area contributed by atoms with Gasteiger partial charge in [0.25, 0.3) is 5.91 Å². The van der Waals surface area contributed by atoms with Gasteiger partial charge in [0.1, 0.15) is 23.9 Å². The van der Waals surface area contributed by atoms with E-state index in [4.69, 9.17) is 28.1 Å². The Kier molecular flexibility index (Phi) is 15.1. The number of carbonyl (C=O) groups is 5. The lowest BCUT2D eigenvalue weighted by Gasteiger charge is -2.47. The first kappa shape index (κ1) is 46.9. The predicted octanol–water partition coefficient (Wildman–Crippen LogP) is 4.71. The first-order valence-corrected chi connectivity index (χ1v) is 21.1. The van der Waals surface area contributed by atoms with Crippen molar-refractivity contribution in [2.75, 3.05) is 33.1 Å². The lowest BCUT2D eigenvalue weighted by Crippen LogP contribution is -2.60. The average Bonchev–Trinajstić information content (AvgIpc) is 3.97. The normalized spacial score (nSPS) is 35.8. The van der Waals surface area contributed by atoms with Crippen LogP contribution < -0.4 is 5.32 Å². The van der Waals surface area contributed by atoms with Gasteiger partial charge >= 0.3 is 12.1 Å². The second kappa shape index (κ2) is 19.3. The molecule has 60 heavy (non-hydrogen) atoms. The number of Topliss-reactive ketones (excluding diaryl/α,β-unsaturated/α-hetero) is 2. The number of aryl methyl sites for hydroxylation is 1. The molecule has 3 fully saturated rings. The van der Waals surface area contributed by atoms with Gasteiger partial charge in [0.05, 0.1) is 36.4 Å². The van der Waals surface area contributed by atoms with Crippen LogP contribution in [0.15, 0.2) is 35.3 Å². The van der Waals surface area contributed by atoms with E-state index < -0.39 is 89.3 Å². The zero-order valence-corrected chi connectivity index (χ0v) is 36.9. The largest absolute Gasteiger partial charge is 0.459 e. The quantitative estimate of drug-likeness (QED) is 0.169. The summed E-state index contributed by atoms with van der Waals surface area (Å²) < 4.78 is 38.1. The number of furan rings is 1. The van der Waals surface area contributed by atoms with Crippen LogP contribution in [0.25, 0.3) is 0 Å². The van der Waals surface area contributed by atoms with Crippen LogP contribution >= 0.6 is 0 Å². The average molecular weight is 844 g/mol. The topological polar surface area (TPSA) is 201 Å². The van der Waals surface area contributed by atoms with Gasteiger partial charge in [-0.1, -0.05) is 27.7 Å². The number of hydrogen-bond acceptors (Lipinski definition) is 14. The molecule has 0 spiro atoms. The maximum absolute atomic E-state index is 14.7. The van der Waals surface area contributed by atoms with Gasteiger partial charge in [-0.05, 0) is 86.0 Å². The highest BCUT2D eigenvalue weighted by molar-refractivity contribution is 6.01. The summed E-state index contributed by atoms with van der Waals surface area (Å²) in [6, 6.07) is 2.05. The monoisotopic (exact) mass is 843 g/mol. The third kappa shape index (κ3) is 9.80. The summed E-state index contributed by atoms with van der Waals surface area (Å²) in [5.74, 6) is -5.03. The van der Waals surface area contributed by atoms with Crippen LogP contribution in [0.5, 0.6) is 0 Å². The summed E-state index contributed by atoms with van der Waals surface area (Å²) in [5, 5.41) is 14.1. The van der Waals surface area contributed by atoms with Crippen LogP contribution in [0.1, 0.15) is 98.0 Å². The molecule has 0 bridgehead atoms. The van der Waals surface area contributed by atoms with Crippen LogP contribution in [-0.2, 0) is 44.6 Å². The molecule has 3 aliphatic rings. The van der Waals surface area contributed by atoms with Crippen LogP contribution in [0.3, 0.4) is 0 Å². The van der Waals surface area contributed by atoms with E-state index in [-0.39, 0.29) is 43.1 Å². The summed E-state index contributed by atoms with van der Waals surface area (Å²) in [5.41, 5.74) is -2.73. The third-order valence-electron chi connectivity index (χ3n) is 12.8. The van der Waals surface area contributed by atoms with Crippen molar-refractivity contribution in [2.45, 2.75) is 148 Å². The van der Waals surface area contributed by atoms with E-state index >= 15 is 0 Å². The molecule has 2 amide bonds. The summed E-state index contributed by atoms with van der Waals surface area (Å²) in [6.07, 6.45) is 1.58. The minimum absolute atomic E-state index is 0.105. The minimum Gasteiger partial charge on any atom is -0.459 e. The van der Waals surface area contributed by atoms with Gasteiger partial charge in [0.15, 0.2) is 29.3 Å². The molecule has 13 atom stereocenters. The maximum atomic E-state index is 14.7. The van der Waals surface area contributed by atoms with Crippen molar-refractivity contribution in [3.63, 3.8) is 0 Å². The lowest BCUT2D eigenvalue weighted by molar-refractivity contribution is -0.295. The Morgan fingerprint density at radius 2 is 1.75 bits per heavy atom. The number of unbranched alkanes of at least 4 members (excludes halogenated alkanes) is 1. The Morgan fingerprint density at radius 1 is 1.05 bits per heavy atom. The van der Waals surface area contributed by atoms with Crippen molar-refractivity contribution >= 4 is 35.4 Å². The van der Waals surface area contributed by atoms with Gasteiger partial charge in [-0.15, -0.1) is 0 Å². The van der Waals surface area contributed by atoms with Crippen molar-refractivity contribution in [3.8, 4) is 0 Å². The van der Waals surface area contributed by atoms with Gasteiger partial charge < -0.3 is 52.9 Å². The number of carbonyl (C=O) groups excluding carboxylic acids is 5. The Morgan fingerprint density at radius 3 is 2.38 bits per heavy atom. The molecule has 0 aromatic carbocycles. The van der Waals surface area contributed by atoms with Gasteiger partial charge in [-0.2, -0.15) is 0 Å². The highest BCUT2D eigenvalue weighted by Gasteiger charge is 2.60. The van der Waals surface area contributed by atoms with E-state index in [1.807, 2.05) is 30.5 Å². The molecule has 0 saturated carbocycles. The number of aliphatic hydroxyl groups excluding tert-OH is 1. The number of esters is 1. The molecule has 17 heteroatoms. The number of aliphatic hydroxyl groups is 1. The second-order valence-electron chi connectivity index (χ2n) is 17.5. The first-order valence-electron chi connectivity index (χ1n) is 21.1. The van der Waals surface area contributed by atoms with Crippen molar-refractivity contribution in [3.05, 3.63) is 36.7 Å². The number of aromatic nitrogens is 2. The molecular formula is C43H65N5O12. The smallest absolute Gasteiger partial charge is 0.410 e. The van der Waals surface area contributed by atoms with Crippen molar-refractivity contribution in [1.82, 2.24) is 19.4 Å². The number of nitrogens with one attached hydrogen (secondary N) is 1. The summed E-state index contributed by atoms with van der Waals surface area (Å²) >= 11 is 0. The number of ketones is 2. The highest BCUT2D eigenvalue weighted by Crippen LogP contribution is 2.43. The summed E-state index contributed by atoms with van der Waals surface area (Å²) in [4.78, 5) is 76.9. The molecule has 5 rings (SSSR count). The van der Waals surface area contributed by atoms with E-state index in [0.29, 0.717) is 31.6 Å². The number of amides is 2. The van der Waals surface area contributed by atoms with E-state index in [9.17, 15) is 29.1 Å². The van der Waals surface area contributed by atoms with Crippen LogP contribution in [0.2, 0.25) is 0 Å². The van der Waals surface area contributed by atoms with Crippen molar-refractivity contribution < 1.29 is 57.2 Å². The number of ether oxygens (including phenoxy) is 5. The molecule has 5 heterocycles. The Bertz CT molecular complexity index is 1820. The maximum Gasteiger partial charge on any atom is 0.410 e. The van der Waals surface area contributed by atoms with Crippen LogP contribution in [-0.4, -0.2) is 136 Å². The standard InChI is InChI=1S/C43H65N5O12/c1-12-31-43(8)36(48(41(54)60-43)18-14-13-17-47-22-32(44-23-47)45-38(52)30-16-15-19-56-30)26(4)33(49)24(2)21-42(7,55-11)37(27(5)34(50)28(6)39(53)58-31)59-40-35(51)29(46(9)10)20-25(3)57-40/h15-16,19,22-29,31,35-37,40,51H,12-14,17-18,20-21H2,1-11H3,(H,45,52)/t24-,25-,26+,27+,28-,29+,31-,35-,36-,37-,40+,42-,43-/m1/s1. The predicted molar refractivity (Wildman–Crippen MR) is 218 cm³/mol. The molecule has 2 aromatic rings. The van der Waals surface area contributed by atoms with Crippen LogP contribution in [0.4, 0.5) is 10.6 Å². The van der Waals surface area contributed by atoms with Crippen molar-refractivity contribution in [1.29, 1.82) is 0 Å². The molecule has 334 valence electrons. The number of imidazole rings is 1. The molecule has 2 N–H and O–H groups in total. The SMILES string of the molecule is CC[C@H]1OC(=O)[C@H](C)C(=O)[C@H](C)[C@@H](O[C@@H]2O[C@H](C)C[C@H](N(C)C)[C@H]2O)[C@](C)(OC)C[C@@H](C)C(=O)[C@H](C)[C@H]2N(CCCCn3cnc(NC(=O)c4ccco4)c3)C(=O)O[C@]12C. The number of hydrogen-bond donors (Lipinski definition) is 2. The molecule has 3 aliphatic heterocycles. The Labute approximate surface area is 352 Å². The third-order valence-corrected chi connectivity index (χ3v) is 12.8. The zero-order chi connectivity index (χ0) is 44.3. The van der Waals surface area contributed by atoms with Gasteiger partial charge in [0, 0.05) is 50.2 Å². The fourth-order valence-corrected chi connectivity index (χ4v) is 9.42. The molecule has 2 aromatic heterocycles. The molecule has 17 nitrogen and oxygen atoms in total. The molecule has 0 aliphatic carbocycles. The van der Waals surface area contributed by atoms with E-state index in [0.717, 1.165) is 0 Å². The van der Waals surface area contributed by atoms with Gasteiger partial charge in [-0.25, -0.2) is 9.78 Å². The van der Waals surface area contributed by atoms with Gasteiger partial charge in [0.2, 0.25) is 0 Å². The number of cyclic esters (lactones) is 1. The van der Waals surface area contributed by atoms with E-state index in [2.05, 4.69) is 10.3 Å². The van der Waals surface area contributed by atoms with Gasteiger partial charge in [-0.3, -0.25) is 19.2 Å². The van der Waals surface area contributed by atoms with Crippen molar-refractivity contribution in [2.24, 2.45) is 23.7 Å². The minimum atomic E-state index is -1.44. The van der Waals surface area contributed by atoms with Crippen LogP contribution in [0, 0.1) is 23.7 Å². The fraction of sp³-hybridized carbons (Fsp3) is 0.721. The zero-order valence-electron chi connectivity index (χ0n) is 36.9. The summed E-state index contributed by atoms with van der Waals surface area (Å²) in [6.45, 7) is 14.6. The number of rotatable bonds is 12. The molecule has 0 radical (unpaired) electrons. The Balaban J connectivity index is 1.40. The lowest BCUT2D eigenvalue weighted by atomic mass is 9.73. The number of methoxy groups -OCH3 is 1.